The van der Waals surface area contributed by atoms with E-state index >= 15 is 0 Å². The second kappa shape index (κ2) is 5.24. The second-order valence-electron chi connectivity index (χ2n) is 4.54. The van der Waals surface area contributed by atoms with Gasteiger partial charge >= 0.3 is 5.97 Å². The van der Waals surface area contributed by atoms with E-state index in [2.05, 4.69) is 26.4 Å². The fourth-order valence-electron chi connectivity index (χ4n) is 1.77. The lowest BCUT2D eigenvalue weighted by atomic mass is 10.1. The molecular weight excluding hydrogens is 298 g/mol. The van der Waals surface area contributed by atoms with E-state index in [0.29, 0.717) is 12.4 Å². The van der Waals surface area contributed by atoms with Gasteiger partial charge < -0.3 is 10.6 Å². The van der Waals surface area contributed by atoms with Gasteiger partial charge in [-0.2, -0.15) is 0 Å². The molecule has 0 spiro atoms. The molecule has 0 saturated heterocycles. The van der Waals surface area contributed by atoms with E-state index in [1.54, 1.807) is 6.20 Å². The third-order valence-corrected chi connectivity index (χ3v) is 3.79. The number of rotatable bonds is 5. The molecule has 0 bridgehead atoms. The van der Waals surface area contributed by atoms with Crippen LogP contribution in [-0.4, -0.2) is 11.0 Å². The smallest absolute Gasteiger partial charge is 0.330 e. The molecule has 18 heavy (non-hydrogen) atoms. The number of anilines is 1. The fraction of sp³-hybridized carbons (Fsp3) is 0.500. The first-order valence-electron chi connectivity index (χ1n) is 5.91. The fourth-order valence-corrected chi connectivity index (χ4v) is 2.15. The Kier molecular flexibility index (Phi) is 3.87. The average Bonchev–Trinajstić information content (AvgIpc) is 3.14. The summed E-state index contributed by atoms with van der Waals surface area (Å²) in [5.74, 6) is 0.255. The number of nitrogens with zero attached hydrogens (tertiary/aromatic N) is 1. The van der Waals surface area contributed by atoms with E-state index < -0.39 is 0 Å². The number of hydroxylamine groups is 1. The highest BCUT2D eigenvalue weighted by Crippen LogP contribution is 2.49. The molecule has 0 unspecified atom stereocenters. The SMILES string of the molecule is CCC1(C(=O)ONCc2cc(Br)cnc2N)CC1. The molecule has 98 valence electrons. The Morgan fingerprint density at radius 1 is 1.67 bits per heavy atom. The molecule has 3 N–H and O–H groups in total. The molecule has 1 aromatic heterocycles. The average molecular weight is 314 g/mol. The lowest BCUT2D eigenvalue weighted by molar-refractivity contribution is -0.158. The van der Waals surface area contributed by atoms with Gasteiger partial charge in [0, 0.05) is 16.2 Å². The molecule has 1 aliphatic carbocycles. The molecule has 1 aromatic rings. The largest absolute Gasteiger partial charge is 0.383 e. The molecule has 6 heteroatoms. The van der Waals surface area contributed by atoms with Gasteiger partial charge in [0.15, 0.2) is 0 Å². The summed E-state index contributed by atoms with van der Waals surface area (Å²) in [5, 5.41) is 0. The second-order valence-corrected chi connectivity index (χ2v) is 5.46. The number of halogens is 1. The number of carbonyl (C=O) groups is 1. The number of pyridine rings is 1. The normalized spacial score (nSPS) is 16.3. The number of nitrogens with one attached hydrogen (secondary N) is 1. The van der Waals surface area contributed by atoms with E-state index in [9.17, 15) is 4.79 Å². The molecule has 1 saturated carbocycles. The first kappa shape index (κ1) is 13.3. The zero-order chi connectivity index (χ0) is 13.2. The van der Waals surface area contributed by atoms with Crippen molar-refractivity contribution in [2.45, 2.75) is 32.7 Å². The molecule has 1 aliphatic rings. The number of hydrogen-bond donors (Lipinski definition) is 2. The van der Waals surface area contributed by atoms with Gasteiger partial charge in [-0.15, -0.1) is 5.48 Å². The van der Waals surface area contributed by atoms with Crippen molar-refractivity contribution < 1.29 is 9.63 Å². The minimum Gasteiger partial charge on any atom is -0.383 e. The van der Waals surface area contributed by atoms with Crippen molar-refractivity contribution in [2.75, 3.05) is 5.73 Å². The molecular formula is C12H16BrN3O2. The van der Waals surface area contributed by atoms with Crippen LogP contribution in [0.25, 0.3) is 0 Å². The van der Waals surface area contributed by atoms with E-state index in [1.165, 1.54) is 0 Å². The lowest BCUT2D eigenvalue weighted by Gasteiger charge is -2.12. The van der Waals surface area contributed by atoms with Crippen molar-refractivity contribution >= 4 is 27.7 Å². The number of aromatic nitrogens is 1. The summed E-state index contributed by atoms with van der Waals surface area (Å²) >= 11 is 3.32. The summed E-state index contributed by atoms with van der Waals surface area (Å²) in [6.07, 6.45) is 4.30. The summed E-state index contributed by atoms with van der Waals surface area (Å²) in [6, 6.07) is 1.84. The van der Waals surface area contributed by atoms with Crippen LogP contribution in [-0.2, 0) is 16.2 Å². The van der Waals surface area contributed by atoms with Gasteiger partial charge in [0.25, 0.3) is 0 Å². The molecule has 1 fully saturated rings. The van der Waals surface area contributed by atoms with Crippen LogP contribution in [0.2, 0.25) is 0 Å². The minimum atomic E-state index is -0.242. The standard InChI is InChI=1S/C12H16BrN3O2/c1-2-12(3-4-12)11(17)18-16-6-8-5-9(13)7-15-10(8)14/h5,7,16H,2-4,6H2,1H3,(H2,14,15). The predicted octanol–water partition coefficient (Wildman–Crippen LogP) is 2.16. The Morgan fingerprint density at radius 3 is 3.00 bits per heavy atom. The van der Waals surface area contributed by atoms with Crippen molar-refractivity contribution in [2.24, 2.45) is 5.41 Å². The highest BCUT2D eigenvalue weighted by atomic mass is 79.9. The van der Waals surface area contributed by atoms with Gasteiger partial charge in [0.2, 0.25) is 0 Å². The molecule has 0 radical (unpaired) electrons. The summed E-state index contributed by atoms with van der Waals surface area (Å²) in [6.45, 7) is 2.36. The van der Waals surface area contributed by atoms with Gasteiger partial charge in [-0.25, -0.2) is 9.78 Å². The van der Waals surface area contributed by atoms with E-state index in [1.807, 2.05) is 13.0 Å². The minimum absolute atomic E-state index is 0.175. The number of nitrogens with two attached hydrogens (primary N) is 1. The van der Waals surface area contributed by atoms with Gasteiger partial charge in [-0.05, 0) is 41.3 Å². The van der Waals surface area contributed by atoms with Crippen LogP contribution in [0.5, 0.6) is 0 Å². The number of nitrogen functional groups attached to an aromatic ring is 1. The molecule has 0 atom stereocenters. The first-order valence-corrected chi connectivity index (χ1v) is 6.71. The van der Waals surface area contributed by atoms with E-state index in [-0.39, 0.29) is 11.4 Å². The third-order valence-electron chi connectivity index (χ3n) is 3.36. The third kappa shape index (κ3) is 2.81. The maximum atomic E-state index is 11.8. The van der Waals surface area contributed by atoms with Crippen molar-refractivity contribution in [3.8, 4) is 0 Å². The predicted molar refractivity (Wildman–Crippen MR) is 71.2 cm³/mol. The summed E-state index contributed by atoms with van der Waals surface area (Å²) in [7, 11) is 0. The van der Waals surface area contributed by atoms with Crippen molar-refractivity contribution in [1.82, 2.24) is 10.5 Å². The summed E-state index contributed by atoms with van der Waals surface area (Å²) in [5.41, 5.74) is 8.93. The quantitative estimate of drug-likeness (QED) is 0.815. The molecule has 5 nitrogen and oxygen atoms in total. The topological polar surface area (TPSA) is 77.2 Å². The molecule has 0 aromatic carbocycles. The van der Waals surface area contributed by atoms with Crippen LogP contribution in [0.15, 0.2) is 16.7 Å². The number of carbonyl (C=O) groups excluding carboxylic acids is 1. The summed E-state index contributed by atoms with van der Waals surface area (Å²) in [4.78, 5) is 20.8. The molecule has 0 aliphatic heterocycles. The maximum Gasteiger partial charge on any atom is 0.330 e. The highest BCUT2D eigenvalue weighted by molar-refractivity contribution is 9.10. The van der Waals surface area contributed by atoms with E-state index in [4.69, 9.17) is 10.6 Å². The molecule has 1 heterocycles. The van der Waals surface area contributed by atoms with E-state index in [0.717, 1.165) is 29.3 Å². The van der Waals surface area contributed by atoms with Crippen LogP contribution in [0, 0.1) is 5.41 Å². The Bertz CT molecular complexity index is 461. The zero-order valence-corrected chi connectivity index (χ0v) is 11.8. The van der Waals surface area contributed by atoms with Crippen molar-refractivity contribution in [3.63, 3.8) is 0 Å². The first-order chi connectivity index (χ1) is 8.57. The van der Waals surface area contributed by atoms with Crippen molar-refractivity contribution in [1.29, 1.82) is 0 Å². The Morgan fingerprint density at radius 2 is 2.39 bits per heavy atom. The monoisotopic (exact) mass is 313 g/mol. The maximum absolute atomic E-state index is 11.8. The Balaban J connectivity index is 1.85. The Hall–Kier alpha value is -1.14. The van der Waals surface area contributed by atoms with Crippen LogP contribution >= 0.6 is 15.9 Å². The highest BCUT2D eigenvalue weighted by Gasteiger charge is 2.49. The van der Waals surface area contributed by atoms with Gasteiger partial charge in [0.05, 0.1) is 12.0 Å². The lowest BCUT2D eigenvalue weighted by Crippen LogP contribution is -2.26. The van der Waals surface area contributed by atoms with Gasteiger partial charge in [0.1, 0.15) is 5.82 Å². The molecule has 2 rings (SSSR count). The molecule has 0 amide bonds. The van der Waals surface area contributed by atoms with Crippen LogP contribution < -0.4 is 11.2 Å². The van der Waals surface area contributed by atoms with Crippen LogP contribution in [0.3, 0.4) is 0 Å². The van der Waals surface area contributed by atoms with Crippen LogP contribution in [0.1, 0.15) is 31.7 Å². The number of hydrogen-bond acceptors (Lipinski definition) is 5. The Labute approximate surface area is 114 Å². The van der Waals surface area contributed by atoms with Crippen molar-refractivity contribution in [3.05, 3.63) is 22.3 Å². The van der Waals surface area contributed by atoms with Crippen LogP contribution in [0.4, 0.5) is 5.82 Å². The zero-order valence-electron chi connectivity index (χ0n) is 10.2. The summed E-state index contributed by atoms with van der Waals surface area (Å²) < 4.78 is 0.840. The van der Waals surface area contributed by atoms with Gasteiger partial charge in [-0.3, -0.25) is 0 Å². The van der Waals surface area contributed by atoms with Gasteiger partial charge in [-0.1, -0.05) is 6.92 Å².